The van der Waals surface area contributed by atoms with E-state index in [0.717, 1.165) is 0 Å². The quantitative estimate of drug-likeness (QED) is 0.580. The highest BCUT2D eigenvalue weighted by Gasteiger charge is 2.07. The van der Waals surface area contributed by atoms with E-state index in [1.807, 2.05) is 0 Å². The van der Waals surface area contributed by atoms with Crippen molar-refractivity contribution in [2.24, 2.45) is 0 Å². The summed E-state index contributed by atoms with van der Waals surface area (Å²) in [6, 6.07) is 5.13. The standard InChI is InChI=1S/C11H13NO4/c1-8(12(13)14)6-9-7-10(15-2)4-5-11(9)16-3/h4-7H,1-3H3/b8-6-. The van der Waals surface area contributed by atoms with Crippen molar-refractivity contribution in [1.29, 1.82) is 0 Å². The lowest BCUT2D eigenvalue weighted by molar-refractivity contribution is -0.422. The molecular formula is C11H13NO4. The van der Waals surface area contributed by atoms with E-state index < -0.39 is 4.92 Å². The maximum absolute atomic E-state index is 10.5. The van der Waals surface area contributed by atoms with Gasteiger partial charge >= 0.3 is 0 Å². The van der Waals surface area contributed by atoms with Crippen LogP contribution in [-0.4, -0.2) is 19.1 Å². The normalized spacial score (nSPS) is 11.1. The maximum Gasteiger partial charge on any atom is 0.243 e. The molecule has 0 aliphatic carbocycles. The fourth-order valence-electron chi connectivity index (χ4n) is 1.23. The van der Waals surface area contributed by atoms with Crippen LogP contribution in [0.3, 0.4) is 0 Å². The van der Waals surface area contributed by atoms with Crippen LogP contribution in [-0.2, 0) is 0 Å². The summed E-state index contributed by atoms with van der Waals surface area (Å²) in [4.78, 5) is 10.1. The van der Waals surface area contributed by atoms with Crippen LogP contribution in [0.5, 0.6) is 11.5 Å². The molecule has 1 rings (SSSR count). The van der Waals surface area contributed by atoms with Crippen molar-refractivity contribution in [2.45, 2.75) is 6.92 Å². The van der Waals surface area contributed by atoms with Gasteiger partial charge in [-0.15, -0.1) is 0 Å². The first-order chi connectivity index (χ1) is 7.58. The number of ether oxygens (including phenoxy) is 2. The van der Waals surface area contributed by atoms with Crippen molar-refractivity contribution in [3.05, 3.63) is 39.6 Å². The minimum Gasteiger partial charge on any atom is -0.497 e. The summed E-state index contributed by atoms with van der Waals surface area (Å²) in [6.07, 6.45) is 1.45. The number of benzene rings is 1. The van der Waals surface area contributed by atoms with E-state index in [1.165, 1.54) is 27.2 Å². The van der Waals surface area contributed by atoms with Gasteiger partial charge in [0.15, 0.2) is 0 Å². The Morgan fingerprint density at radius 2 is 2.06 bits per heavy atom. The van der Waals surface area contributed by atoms with Gasteiger partial charge in [0.2, 0.25) is 5.70 Å². The summed E-state index contributed by atoms with van der Waals surface area (Å²) >= 11 is 0. The van der Waals surface area contributed by atoms with E-state index in [0.29, 0.717) is 17.1 Å². The average Bonchev–Trinajstić information content (AvgIpc) is 2.28. The fraction of sp³-hybridized carbons (Fsp3) is 0.273. The zero-order valence-corrected chi connectivity index (χ0v) is 9.39. The van der Waals surface area contributed by atoms with Crippen LogP contribution < -0.4 is 9.47 Å². The third-order valence-corrected chi connectivity index (χ3v) is 2.09. The number of hydrogen-bond acceptors (Lipinski definition) is 4. The van der Waals surface area contributed by atoms with Crippen molar-refractivity contribution in [1.82, 2.24) is 0 Å². The molecule has 0 bridgehead atoms. The van der Waals surface area contributed by atoms with Crippen molar-refractivity contribution < 1.29 is 14.4 Å². The number of methoxy groups -OCH3 is 2. The molecule has 0 radical (unpaired) electrons. The van der Waals surface area contributed by atoms with Crippen molar-refractivity contribution >= 4 is 6.08 Å². The average molecular weight is 223 g/mol. The maximum atomic E-state index is 10.5. The number of nitrogens with zero attached hydrogens (tertiary/aromatic N) is 1. The van der Waals surface area contributed by atoms with Crippen molar-refractivity contribution in [3.63, 3.8) is 0 Å². The van der Waals surface area contributed by atoms with Crippen LogP contribution in [0.2, 0.25) is 0 Å². The van der Waals surface area contributed by atoms with Gasteiger partial charge in [-0.2, -0.15) is 0 Å². The van der Waals surface area contributed by atoms with Gasteiger partial charge in [0.05, 0.1) is 19.1 Å². The molecule has 0 fully saturated rings. The summed E-state index contributed by atoms with van der Waals surface area (Å²) in [6.45, 7) is 1.43. The molecule has 0 saturated carbocycles. The molecule has 0 amide bonds. The molecule has 16 heavy (non-hydrogen) atoms. The Bertz CT molecular complexity index is 426. The zero-order valence-electron chi connectivity index (χ0n) is 9.39. The Kier molecular flexibility index (Phi) is 3.88. The highest BCUT2D eigenvalue weighted by Crippen LogP contribution is 2.26. The Morgan fingerprint density at radius 3 is 2.56 bits per heavy atom. The molecule has 0 saturated heterocycles. The SMILES string of the molecule is COc1ccc(OC)c(/C=C(/C)[N+](=O)[O-])c1. The van der Waals surface area contributed by atoms with Crippen LogP contribution in [0.4, 0.5) is 0 Å². The topological polar surface area (TPSA) is 61.6 Å². The molecule has 0 aliphatic rings. The monoisotopic (exact) mass is 223 g/mol. The number of rotatable bonds is 4. The molecule has 86 valence electrons. The van der Waals surface area contributed by atoms with Crippen molar-refractivity contribution in [3.8, 4) is 11.5 Å². The van der Waals surface area contributed by atoms with Crippen LogP contribution in [0.1, 0.15) is 12.5 Å². The second kappa shape index (κ2) is 5.16. The lowest BCUT2D eigenvalue weighted by atomic mass is 10.1. The smallest absolute Gasteiger partial charge is 0.243 e. The number of nitro groups is 1. The largest absolute Gasteiger partial charge is 0.497 e. The molecule has 0 aromatic heterocycles. The summed E-state index contributed by atoms with van der Waals surface area (Å²) in [7, 11) is 3.05. The fourth-order valence-corrected chi connectivity index (χ4v) is 1.23. The van der Waals surface area contributed by atoms with E-state index >= 15 is 0 Å². The van der Waals surface area contributed by atoms with Gasteiger partial charge in [0.1, 0.15) is 11.5 Å². The predicted octanol–water partition coefficient (Wildman–Crippen LogP) is 2.34. The second-order valence-electron chi connectivity index (χ2n) is 3.15. The van der Waals surface area contributed by atoms with Crippen LogP contribution in [0, 0.1) is 10.1 Å². The van der Waals surface area contributed by atoms with E-state index in [-0.39, 0.29) is 5.70 Å². The molecule has 0 heterocycles. The molecule has 5 heteroatoms. The van der Waals surface area contributed by atoms with Gasteiger partial charge in [0, 0.05) is 18.6 Å². The van der Waals surface area contributed by atoms with Crippen LogP contribution >= 0.6 is 0 Å². The summed E-state index contributed by atoms with van der Waals surface area (Å²) in [5.74, 6) is 1.20. The molecule has 0 spiro atoms. The minimum atomic E-state index is -0.446. The van der Waals surface area contributed by atoms with E-state index in [4.69, 9.17) is 9.47 Å². The van der Waals surface area contributed by atoms with Gasteiger partial charge < -0.3 is 9.47 Å². The predicted molar refractivity (Wildman–Crippen MR) is 60.2 cm³/mol. The Hall–Kier alpha value is -2.04. The molecule has 0 N–H and O–H groups in total. The zero-order chi connectivity index (χ0) is 12.1. The van der Waals surface area contributed by atoms with Gasteiger partial charge in [-0.1, -0.05) is 0 Å². The lowest BCUT2D eigenvalue weighted by Crippen LogP contribution is -1.95. The summed E-state index contributed by atoms with van der Waals surface area (Å²) in [5, 5.41) is 10.5. The lowest BCUT2D eigenvalue weighted by Gasteiger charge is -2.06. The first kappa shape index (κ1) is 12.0. The van der Waals surface area contributed by atoms with E-state index in [9.17, 15) is 10.1 Å². The minimum absolute atomic E-state index is 0.0477. The van der Waals surface area contributed by atoms with Gasteiger partial charge in [-0.05, 0) is 18.2 Å². The molecule has 0 atom stereocenters. The van der Waals surface area contributed by atoms with E-state index in [1.54, 1.807) is 18.2 Å². The summed E-state index contributed by atoms with van der Waals surface area (Å²) in [5.41, 5.74) is 0.669. The first-order valence-electron chi connectivity index (χ1n) is 4.63. The molecule has 1 aromatic carbocycles. The first-order valence-corrected chi connectivity index (χ1v) is 4.63. The van der Waals surface area contributed by atoms with Gasteiger partial charge in [-0.25, -0.2) is 0 Å². The van der Waals surface area contributed by atoms with E-state index in [2.05, 4.69) is 0 Å². The van der Waals surface area contributed by atoms with Crippen LogP contribution in [0.25, 0.3) is 6.08 Å². The van der Waals surface area contributed by atoms with Crippen molar-refractivity contribution in [2.75, 3.05) is 14.2 Å². The molecule has 0 aliphatic heterocycles. The highest BCUT2D eigenvalue weighted by molar-refractivity contribution is 5.60. The molecule has 5 nitrogen and oxygen atoms in total. The Morgan fingerprint density at radius 1 is 1.38 bits per heavy atom. The molecule has 1 aromatic rings. The van der Waals surface area contributed by atoms with Gasteiger partial charge in [-0.3, -0.25) is 10.1 Å². The molecule has 0 unspecified atom stereocenters. The summed E-state index contributed by atoms with van der Waals surface area (Å²) < 4.78 is 10.1. The third-order valence-electron chi connectivity index (χ3n) is 2.09. The Balaban J connectivity index is 3.19. The van der Waals surface area contributed by atoms with Gasteiger partial charge in [0.25, 0.3) is 0 Å². The van der Waals surface area contributed by atoms with Crippen LogP contribution in [0.15, 0.2) is 23.9 Å². The number of allylic oxidation sites excluding steroid dienone is 1. The second-order valence-corrected chi connectivity index (χ2v) is 3.15. The molecular weight excluding hydrogens is 210 g/mol. The Labute approximate surface area is 93.4 Å². The number of hydrogen-bond donors (Lipinski definition) is 0. The third kappa shape index (κ3) is 2.73. The highest BCUT2D eigenvalue weighted by atomic mass is 16.6.